The van der Waals surface area contributed by atoms with Crippen molar-refractivity contribution in [2.24, 2.45) is 0 Å². The highest BCUT2D eigenvalue weighted by molar-refractivity contribution is 6.00. The van der Waals surface area contributed by atoms with E-state index < -0.39 is 17.3 Å². The van der Waals surface area contributed by atoms with Gasteiger partial charge in [0.05, 0.1) is 22.4 Å². The van der Waals surface area contributed by atoms with Crippen LogP contribution in [0.2, 0.25) is 0 Å². The molecule has 31 heavy (non-hydrogen) atoms. The van der Waals surface area contributed by atoms with E-state index in [9.17, 15) is 18.0 Å². The molecule has 166 valence electrons. The third-order valence-electron chi connectivity index (χ3n) is 6.38. The van der Waals surface area contributed by atoms with Gasteiger partial charge in [0.1, 0.15) is 0 Å². The van der Waals surface area contributed by atoms with Gasteiger partial charge in [-0.2, -0.15) is 13.2 Å². The molecule has 0 radical (unpaired) electrons. The maximum Gasteiger partial charge on any atom is 0.416 e. The van der Waals surface area contributed by atoms with Crippen LogP contribution in [0, 0.1) is 0 Å². The van der Waals surface area contributed by atoms with Crippen LogP contribution in [0.1, 0.15) is 47.2 Å². The van der Waals surface area contributed by atoms with Crippen molar-refractivity contribution in [3.63, 3.8) is 0 Å². The highest BCUT2D eigenvalue weighted by atomic mass is 19.4. The zero-order chi connectivity index (χ0) is 22.1. The van der Waals surface area contributed by atoms with Crippen molar-refractivity contribution in [1.29, 1.82) is 0 Å². The molecule has 2 fully saturated rings. The van der Waals surface area contributed by atoms with E-state index in [1.807, 2.05) is 42.3 Å². The molecular formula is C24H28F3N3O. The fraction of sp³-hybridized carbons (Fsp3) is 0.458. The summed E-state index contributed by atoms with van der Waals surface area (Å²) in [5, 5.41) is 3.23. The Labute approximate surface area is 181 Å². The molecule has 2 saturated heterocycles. The van der Waals surface area contributed by atoms with Crippen LogP contribution in [-0.2, 0) is 11.7 Å². The Morgan fingerprint density at radius 1 is 1.00 bits per heavy atom. The second kappa shape index (κ2) is 8.54. The van der Waals surface area contributed by atoms with E-state index in [0.29, 0.717) is 30.9 Å². The maximum atomic E-state index is 13.5. The quantitative estimate of drug-likeness (QED) is 0.765. The Morgan fingerprint density at radius 2 is 1.71 bits per heavy atom. The highest BCUT2D eigenvalue weighted by Crippen LogP contribution is 2.36. The van der Waals surface area contributed by atoms with Gasteiger partial charge in [-0.05, 0) is 63.0 Å². The molecule has 0 spiro atoms. The van der Waals surface area contributed by atoms with Gasteiger partial charge in [-0.1, -0.05) is 30.3 Å². The number of nitrogens with one attached hydrogen (secondary N) is 1. The summed E-state index contributed by atoms with van der Waals surface area (Å²) < 4.78 is 40.1. The molecular weight excluding hydrogens is 403 g/mol. The van der Waals surface area contributed by atoms with Gasteiger partial charge >= 0.3 is 6.18 Å². The van der Waals surface area contributed by atoms with Crippen molar-refractivity contribution in [2.45, 2.75) is 37.4 Å². The van der Waals surface area contributed by atoms with E-state index in [1.165, 1.54) is 6.07 Å². The zero-order valence-electron chi connectivity index (χ0n) is 17.7. The van der Waals surface area contributed by atoms with Gasteiger partial charge in [-0.3, -0.25) is 4.79 Å². The molecule has 1 amide bonds. The molecule has 2 aromatic carbocycles. The fourth-order valence-electron chi connectivity index (χ4n) is 4.84. The van der Waals surface area contributed by atoms with Gasteiger partial charge in [-0.25, -0.2) is 0 Å². The minimum atomic E-state index is -4.44. The van der Waals surface area contributed by atoms with Crippen LogP contribution >= 0.6 is 0 Å². The second-order valence-electron chi connectivity index (χ2n) is 8.67. The van der Waals surface area contributed by atoms with Crippen LogP contribution < -0.4 is 10.2 Å². The number of halogens is 3. The number of alkyl halides is 3. The minimum absolute atomic E-state index is 0.304. The third-order valence-corrected chi connectivity index (χ3v) is 6.38. The lowest BCUT2D eigenvalue weighted by atomic mass is 9.82. The van der Waals surface area contributed by atoms with Crippen molar-refractivity contribution in [2.75, 3.05) is 38.1 Å². The Kier molecular flexibility index (Phi) is 5.97. The van der Waals surface area contributed by atoms with Crippen LogP contribution in [0.15, 0.2) is 48.5 Å². The SMILES string of the molecule is CN1CCCC(NC(=O)c2ccc(C(F)(F)F)cc2N2CCCC2)(c2ccccc2)C1. The number of likely N-dealkylation sites (N-methyl/N-ethyl adjacent to an activating group) is 1. The number of anilines is 1. The van der Waals surface area contributed by atoms with Crippen molar-refractivity contribution < 1.29 is 18.0 Å². The van der Waals surface area contributed by atoms with E-state index in [-0.39, 0.29) is 5.91 Å². The number of rotatable bonds is 4. The molecule has 0 bridgehead atoms. The Hall–Kier alpha value is -2.54. The summed E-state index contributed by atoms with van der Waals surface area (Å²) in [4.78, 5) is 17.6. The summed E-state index contributed by atoms with van der Waals surface area (Å²) in [6.07, 6.45) is -0.905. The molecule has 0 saturated carbocycles. The summed E-state index contributed by atoms with van der Waals surface area (Å²) in [6, 6.07) is 13.3. The van der Waals surface area contributed by atoms with Crippen LogP contribution in [0.4, 0.5) is 18.9 Å². The average molecular weight is 432 g/mol. The lowest BCUT2D eigenvalue weighted by Gasteiger charge is -2.43. The molecule has 1 unspecified atom stereocenters. The van der Waals surface area contributed by atoms with E-state index in [1.54, 1.807) is 0 Å². The molecule has 0 aliphatic carbocycles. The summed E-state index contributed by atoms with van der Waals surface area (Å²) >= 11 is 0. The number of amides is 1. The van der Waals surface area contributed by atoms with Crippen molar-refractivity contribution in [3.05, 3.63) is 65.2 Å². The first-order valence-electron chi connectivity index (χ1n) is 10.8. The number of hydrogen-bond acceptors (Lipinski definition) is 3. The average Bonchev–Trinajstić information content (AvgIpc) is 3.28. The molecule has 2 aliphatic rings. The van der Waals surface area contributed by atoms with Crippen molar-refractivity contribution >= 4 is 11.6 Å². The third kappa shape index (κ3) is 4.56. The van der Waals surface area contributed by atoms with Gasteiger partial charge in [0.15, 0.2) is 0 Å². The number of likely N-dealkylation sites (tertiary alicyclic amines) is 1. The topological polar surface area (TPSA) is 35.6 Å². The van der Waals surface area contributed by atoms with E-state index >= 15 is 0 Å². The standard InChI is InChI=1S/C24H28F3N3O/c1-29-13-7-12-23(17-29,18-8-3-2-4-9-18)28-22(31)20-11-10-19(24(25,26)27)16-21(20)30-14-5-6-15-30/h2-4,8-11,16H,5-7,12-15,17H2,1H3,(H,28,31). The molecule has 2 aliphatic heterocycles. The Balaban J connectivity index is 1.71. The van der Waals surface area contributed by atoms with Crippen LogP contribution in [0.5, 0.6) is 0 Å². The number of benzene rings is 2. The number of hydrogen-bond donors (Lipinski definition) is 1. The van der Waals surface area contributed by atoms with Gasteiger partial charge in [0.2, 0.25) is 0 Å². The number of piperidine rings is 1. The molecule has 7 heteroatoms. The molecule has 2 aromatic rings. The molecule has 1 N–H and O–H groups in total. The zero-order valence-corrected chi connectivity index (χ0v) is 17.7. The van der Waals surface area contributed by atoms with E-state index in [0.717, 1.165) is 49.9 Å². The summed E-state index contributed by atoms with van der Waals surface area (Å²) in [6.45, 7) is 2.93. The lowest BCUT2D eigenvalue weighted by molar-refractivity contribution is -0.137. The summed E-state index contributed by atoms with van der Waals surface area (Å²) in [7, 11) is 2.02. The lowest BCUT2D eigenvalue weighted by Crippen LogP contribution is -2.55. The van der Waals surface area contributed by atoms with Crippen LogP contribution in [0.25, 0.3) is 0 Å². The number of nitrogens with zero attached hydrogens (tertiary/aromatic N) is 2. The number of carbonyl (C=O) groups is 1. The molecule has 0 aromatic heterocycles. The van der Waals surface area contributed by atoms with Gasteiger partial charge in [0, 0.05) is 19.6 Å². The van der Waals surface area contributed by atoms with Gasteiger partial charge < -0.3 is 15.1 Å². The summed E-state index contributed by atoms with van der Waals surface area (Å²) in [5.41, 5.74) is 0.400. The first-order valence-corrected chi connectivity index (χ1v) is 10.8. The fourth-order valence-corrected chi connectivity index (χ4v) is 4.84. The highest BCUT2D eigenvalue weighted by Gasteiger charge is 2.39. The van der Waals surface area contributed by atoms with Crippen LogP contribution in [0.3, 0.4) is 0 Å². The molecule has 1 atom stereocenters. The molecule has 4 nitrogen and oxygen atoms in total. The first kappa shape index (κ1) is 21.7. The largest absolute Gasteiger partial charge is 0.416 e. The smallest absolute Gasteiger partial charge is 0.371 e. The van der Waals surface area contributed by atoms with Gasteiger partial charge in [-0.15, -0.1) is 0 Å². The molecule has 2 heterocycles. The maximum absolute atomic E-state index is 13.5. The predicted molar refractivity (Wildman–Crippen MR) is 115 cm³/mol. The van der Waals surface area contributed by atoms with Gasteiger partial charge in [0.25, 0.3) is 5.91 Å². The number of carbonyl (C=O) groups excluding carboxylic acids is 1. The van der Waals surface area contributed by atoms with Crippen molar-refractivity contribution in [3.8, 4) is 0 Å². The minimum Gasteiger partial charge on any atom is -0.371 e. The predicted octanol–water partition coefficient (Wildman–Crippen LogP) is 4.66. The monoisotopic (exact) mass is 431 g/mol. The van der Waals surface area contributed by atoms with E-state index in [2.05, 4.69) is 10.2 Å². The Morgan fingerprint density at radius 3 is 2.35 bits per heavy atom. The normalized spacial score (nSPS) is 22.5. The summed E-state index contributed by atoms with van der Waals surface area (Å²) in [5.74, 6) is -0.324. The second-order valence-corrected chi connectivity index (χ2v) is 8.67. The van der Waals surface area contributed by atoms with Crippen molar-refractivity contribution in [1.82, 2.24) is 10.2 Å². The molecule has 4 rings (SSSR count). The Bertz CT molecular complexity index is 925. The van der Waals surface area contributed by atoms with E-state index in [4.69, 9.17) is 0 Å². The van der Waals surface area contributed by atoms with Crippen LogP contribution in [-0.4, -0.2) is 44.0 Å². The first-order chi connectivity index (χ1) is 14.8.